The standard InChI is InChI=1S/C19H18FN3O4/c20-14-6-2-4-8-16(14)27-12-10-21-18(25)13-5-1-3-7-15(13)23-11-9-17(24)22-19(23)26/h1-8H,9-12H2,(H,21,25)(H,22,24,26). The molecule has 140 valence electrons. The Kier molecular flexibility index (Phi) is 5.65. The number of rotatable bonds is 6. The largest absolute Gasteiger partial charge is 0.489 e. The Labute approximate surface area is 155 Å². The second-order valence-electron chi connectivity index (χ2n) is 5.81. The van der Waals surface area contributed by atoms with Gasteiger partial charge in [0, 0.05) is 13.0 Å². The Bertz CT molecular complexity index is 872. The van der Waals surface area contributed by atoms with Crippen molar-refractivity contribution in [2.45, 2.75) is 6.42 Å². The third-order valence-electron chi connectivity index (χ3n) is 3.98. The minimum Gasteiger partial charge on any atom is -0.489 e. The molecule has 27 heavy (non-hydrogen) atoms. The van der Waals surface area contributed by atoms with Crippen LogP contribution in [0.1, 0.15) is 16.8 Å². The van der Waals surface area contributed by atoms with Gasteiger partial charge in [-0.15, -0.1) is 0 Å². The van der Waals surface area contributed by atoms with Crippen LogP contribution >= 0.6 is 0 Å². The number of benzene rings is 2. The zero-order valence-electron chi connectivity index (χ0n) is 14.4. The topological polar surface area (TPSA) is 87.7 Å². The molecule has 1 saturated heterocycles. The second-order valence-corrected chi connectivity index (χ2v) is 5.81. The predicted molar refractivity (Wildman–Crippen MR) is 96.2 cm³/mol. The molecule has 1 fully saturated rings. The molecule has 0 unspecified atom stereocenters. The molecule has 0 atom stereocenters. The van der Waals surface area contributed by atoms with Gasteiger partial charge in [0.1, 0.15) is 6.61 Å². The van der Waals surface area contributed by atoms with E-state index in [0.29, 0.717) is 11.3 Å². The zero-order chi connectivity index (χ0) is 19.2. The molecule has 1 heterocycles. The fraction of sp³-hybridized carbons (Fsp3) is 0.211. The first-order chi connectivity index (χ1) is 13.1. The number of carbonyl (C=O) groups excluding carboxylic acids is 3. The van der Waals surface area contributed by atoms with E-state index in [9.17, 15) is 18.8 Å². The molecule has 4 amide bonds. The first-order valence-electron chi connectivity index (χ1n) is 8.42. The molecule has 0 bridgehead atoms. The van der Waals surface area contributed by atoms with Crippen LogP contribution in [0.25, 0.3) is 0 Å². The van der Waals surface area contributed by atoms with Gasteiger partial charge in [0.15, 0.2) is 11.6 Å². The van der Waals surface area contributed by atoms with Crippen LogP contribution in [-0.4, -0.2) is 37.5 Å². The molecular weight excluding hydrogens is 353 g/mol. The van der Waals surface area contributed by atoms with E-state index in [1.165, 1.54) is 17.0 Å². The minimum absolute atomic E-state index is 0.0908. The van der Waals surface area contributed by atoms with E-state index in [4.69, 9.17) is 4.74 Å². The maximum absolute atomic E-state index is 13.5. The van der Waals surface area contributed by atoms with E-state index >= 15 is 0 Å². The van der Waals surface area contributed by atoms with Gasteiger partial charge in [0.2, 0.25) is 5.91 Å². The molecule has 0 saturated carbocycles. The van der Waals surface area contributed by atoms with Crippen molar-refractivity contribution in [3.05, 3.63) is 59.9 Å². The molecule has 2 aromatic carbocycles. The molecule has 2 aromatic rings. The Hall–Kier alpha value is -3.42. The smallest absolute Gasteiger partial charge is 0.328 e. The highest BCUT2D eigenvalue weighted by Crippen LogP contribution is 2.22. The van der Waals surface area contributed by atoms with Crippen LogP contribution in [-0.2, 0) is 4.79 Å². The van der Waals surface area contributed by atoms with Gasteiger partial charge in [-0.1, -0.05) is 24.3 Å². The van der Waals surface area contributed by atoms with Crippen molar-refractivity contribution in [3.63, 3.8) is 0 Å². The van der Waals surface area contributed by atoms with Gasteiger partial charge >= 0.3 is 6.03 Å². The van der Waals surface area contributed by atoms with E-state index in [1.54, 1.807) is 36.4 Å². The van der Waals surface area contributed by atoms with E-state index in [0.717, 1.165) is 0 Å². The lowest BCUT2D eigenvalue weighted by Gasteiger charge is -2.28. The minimum atomic E-state index is -0.561. The summed E-state index contributed by atoms with van der Waals surface area (Å²) in [5.41, 5.74) is 0.711. The van der Waals surface area contributed by atoms with Gasteiger partial charge in [0.25, 0.3) is 5.91 Å². The Morgan fingerprint density at radius 2 is 1.89 bits per heavy atom. The van der Waals surface area contributed by atoms with Crippen molar-refractivity contribution < 1.29 is 23.5 Å². The summed E-state index contributed by atoms with van der Waals surface area (Å²) in [6.45, 7) is 0.449. The number of urea groups is 1. The fourth-order valence-corrected chi connectivity index (χ4v) is 2.68. The van der Waals surface area contributed by atoms with Crippen molar-refractivity contribution in [2.75, 3.05) is 24.6 Å². The number of hydrogen-bond acceptors (Lipinski definition) is 4. The van der Waals surface area contributed by atoms with Gasteiger partial charge in [-0.05, 0) is 24.3 Å². The normalized spacial score (nSPS) is 13.9. The molecule has 2 N–H and O–H groups in total. The van der Waals surface area contributed by atoms with Crippen molar-refractivity contribution in [2.24, 2.45) is 0 Å². The third-order valence-corrected chi connectivity index (χ3v) is 3.98. The summed E-state index contributed by atoms with van der Waals surface area (Å²) in [4.78, 5) is 37.2. The van der Waals surface area contributed by atoms with Crippen LogP contribution < -0.4 is 20.3 Å². The maximum Gasteiger partial charge on any atom is 0.328 e. The number of para-hydroxylation sites is 2. The number of halogens is 1. The van der Waals surface area contributed by atoms with Crippen LogP contribution in [0.4, 0.5) is 14.9 Å². The third kappa shape index (κ3) is 4.41. The van der Waals surface area contributed by atoms with Gasteiger partial charge < -0.3 is 10.1 Å². The Morgan fingerprint density at radius 1 is 1.15 bits per heavy atom. The Morgan fingerprint density at radius 3 is 2.67 bits per heavy atom. The van der Waals surface area contributed by atoms with Crippen LogP contribution in [0.3, 0.4) is 0 Å². The summed E-state index contributed by atoms with van der Waals surface area (Å²) >= 11 is 0. The summed E-state index contributed by atoms with van der Waals surface area (Å²) in [6, 6.07) is 12.1. The molecular formula is C19H18FN3O4. The van der Waals surface area contributed by atoms with Crippen LogP contribution in [0.2, 0.25) is 0 Å². The van der Waals surface area contributed by atoms with Gasteiger partial charge in [-0.3, -0.25) is 19.8 Å². The highest BCUT2D eigenvalue weighted by atomic mass is 19.1. The molecule has 1 aliphatic heterocycles. The van der Waals surface area contributed by atoms with E-state index in [2.05, 4.69) is 10.6 Å². The quantitative estimate of drug-likeness (QED) is 0.761. The average Bonchev–Trinajstić information content (AvgIpc) is 2.66. The molecule has 3 rings (SSSR count). The second kappa shape index (κ2) is 8.31. The highest BCUT2D eigenvalue weighted by molar-refractivity contribution is 6.09. The predicted octanol–water partition coefficient (Wildman–Crippen LogP) is 2.08. The molecule has 7 nitrogen and oxygen atoms in total. The van der Waals surface area contributed by atoms with Crippen LogP contribution in [0.15, 0.2) is 48.5 Å². The maximum atomic E-state index is 13.5. The Balaban J connectivity index is 1.61. The number of hydrogen-bond donors (Lipinski definition) is 2. The average molecular weight is 371 g/mol. The fourth-order valence-electron chi connectivity index (χ4n) is 2.68. The highest BCUT2D eigenvalue weighted by Gasteiger charge is 2.27. The zero-order valence-corrected chi connectivity index (χ0v) is 14.4. The van der Waals surface area contributed by atoms with Gasteiger partial charge in [-0.2, -0.15) is 0 Å². The number of anilines is 1. The summed E-state index contributed by atoms with van der Waals surface area (Å²) in [7, 11) is 0. The van der Waals surface area contributed by atoms with Gasteiger partial charge in [-0.25, -0.2) is 9.18 Å². The molecule has 0 spiro atoms. The van der Waals surface area contributed by atoms with Crippen molar-refractivity contribution in [3.8, 4) is 5.75 Å². The molecule has 0 radical (unpaired) electrons. The van der Waals surface area contributed by atoms with Crippen molar-refractivity contribution >= 4 is 23.5 Å². The summed E-state index contributed by atoms with van der Waals surface area (Å²) in [5.74, 6) is -1.10. The lowest BCUT2D eigenvalue weighted by Crippen LogP contribution is -2.50. The van der Waals surface area contributed by atoms with E-state index in [-0.39, 0.29) is 37.8 Å². The number of nitrogens with zero attached hydrogens (tertiary/aromatic N) is 1. The van der Waals surface area contributed by atoms with E-state index < -0.39 is 17.8 Å². The first kappa shape index (κ1) is 18.4. The molecule has 0 aliphatic carbocycles. The lowest BCUT2D eigenvalue weighted by molar-refractivity contribution is -0.120. The summed E-state index contributed by atoms with van der Waals surface area (Å²) in [6.07, 6.45) is 0.165. The van der Waals surface area contributed by atoms with E-state index in [1.807, 2.05) is 0 Å². The SMILES string of the molecule is O=C1CCN(c2ccccc2C(=O)NCCOc2ccccc2F)C(=O)N1. The number of amides is 4. The van der Waals surface area contributed by atoms with Crippen LogP contribution in [0.5, 0.6) is 5.75 Å². The van der Waals surface area contributed by atoms with Crippen molar-refractivity contribution in [1.82, 2.24) is 10.6 Å². The number of ether oxygens (including phenoxy) is 1. The molecule has 8 heteroatoms. The number of carbonyl (C=O) groups is 3. The number of imide groups is 1. The lowest BCUT2D eigenvalue weighted by atomic mass is 10.1. The monoisotopic (exact) mass is 371 g/mol. The summed E-state index contributed by atoms with van der Waals surface area (Å²) < 4.78 is 18.8. The van der Waals surface area contributed by atoms with Crippen LogP contribution in [0, 0.1) is 5.82 Å². The molecule has 1 aliphatic rings. The van der Waals surface area contributed by atoms with Gasteiger partial charge in [0.05, 0.1) is 17.8 Å². The van der Waals surface area contributed by atoms with Crippen molar-refractivity contribution in [1.29, 1.82) is 0 Å². The summed E-state index contributed by atoms with van der Waals surface area (Å²) in [5, 5.41) is 4.91. The first-order valence-corrected chi connectivity index (χ1v) is 8.42. The number of nitrogens with one attached hydrogen (secondary N) is 2. The molecule has 0 aromatic heterocycles.